The van der Waals surface area contributed by atoms with E-state index in [1.807, 2.05) is 0 Å². The van der Waals surface area contributed by atoms with Gasteiger partial charge < -0.3 is 5.32 Å². The van der Waals surface area contributed by atoms with E-state index >= 15 is 0 Å². The predicted molar refractivity (Wildman–Crippen MR) is 79.4 cm³/mol. The molecule has 0 saturated heterocycles. The van der Waals surface area contributed by atoms with Gasteiger partial charge in [-0.15, -0.1) is 11.3 Å². The zero-order valence-corrected chi connectivity index (χ0v) is 12.4. The van der Waals surface area contributed by atoms with Crippen LogP contribution in [-0.4, -0.2) is 19.7 Å². The third kappa shape index (κ3) is 4.38. The Kier molecular flexibility index (Phi) is 4.28. The molecule has 0 spiro atoms. The first-order chi connectivity index (χ1) is 8.94. The monoisotopic (exact) mass is 317 g/mol. The first kappa shape index (κ1) is 14.1. The third-order valence-corrected chi connectivity index (χ3v) is 3.90. The molecule has 0 atom stereocenters. The highest BCUT2D eigenvalue weighted by atomic mass is 35.5. The van der Waals surface area contributed by atoms with Crippen LogP contribution in [0.3, 0.4) is 0 Å². The fourth-order valence-corrected chi connectivity index (χ4v) is 2.82. The van der Waals surface area contributed by atoms with Crippen LogP contribution in [0.25, 0.3) is 0 Å². The predicted octanol–water partition coefficient (Wildman–Crippen LogP) is 2.78. The second kappa shape index (κ2) is 5.77. The fourth-order valence-electron chi connectivity index (χ4n) is 1.43. The van der Waals surface area contributed by atoms with Crippen molar-refractivity contribution in [1.82, 2.24) is 4.98 Å². The van der Waals surface area contributed by atoms with E-state index in [1.165, 1.54) is 0 Å². The van der Waals surface area contributed by atoms with Crippen LogP contribution in [-0.2, 0) is 16.6 Å². The van der Waals surface area contributed by atoms with Gasteiger partial charge in [0.25, 0.3) is 0 Å². The summed E-state index contributed by atoms with van der Waals surface area (Å²) in [6.45, 7) is 0.653. The number of hydrogen-bond acceptors (Lipinski definition) is 5. The molecule has 2 aromatic rings. The van der Waals surface area contributed by atoms with Gasteiger partial charge in [0.2, 0.25) is 10.0 Å². The van der Waals surface area contributed by atoms with Crippen LogP contribution in [0.5, 0.6) is 0 Å². The maximum absolute atomic E-state index is 11.1. The Morgan fingerprint density at radius 2 is 2.21 bits per heavy atom. The van der Waals surface area contributed by atoms with Crippen molar-refractivity contribution in [2.45, 2.75) is 6.54 Å². The van der Waals surface area contributed by atoms with E-state index in [9.17, 15) is 8.42 Å². The van der Waals surface area contributed by atoms with Gasteiger partial charge in [-0.2, -0.15) is 0 Å². The maximum atomic E-state index is 11.1. The largest absolute Gasteiger partial charge is 0.380 e. The summed E-state index contributed by atoms with van der Waals surface area (Å²) in [5, 5.41) is 3.53. The highest BCUT2D eigenvalue weighted by molar-refractivity contribution is 7.92. The van der Waals surface area contributed by atoms with E-state index in [4.69, 9.17) is 11.6 Å². The Labute approximate surface area is 120 Å². The van der Waals surface area contributed by atoms with Crippen molar-refractivity contribution >= 4 is 44.3 Å². The number of sulfonamides is 1. The highest BCUT2D eigenvalue weighted by Crippen LogP contribution is 2.26. The standard InChI is InChI=1S/C11H12ClN3O2S2/c1-19(16,17)15-11-3-2-8(4-10(11)12)14-6-9-5-13-7-18-9/h2-5,7,14-15H,6H2,1H3. The highest BCUT2D eigenvalue weighted by Gasteiger charge is 2.07. The molecule has 2 N–H and O–H groups in total. The second-order valence-corrected chi connectivity index (χ2v) is 7.02. The normalized spacial score (nSPS) is 11.3. The van der Waals surface area contributed by atoms with E-state index in [0.717, 1.165) is 16.8 Å². The number of anilines is 2. The SMILES string of the molecule is CS(=O)(=O)Nc1ccc(NCc2cncs2)cc1Cl. The number of benzene rings is 1. The van der Waals surface area contributed by atoms with Crippen molar-refractivity contribution < 1.29 is 8.42 Å². The number of thiazole rings is 1. The second-order valence-electron chi connectivity index (χ2n) is 3.89. The molecule has 1 aromatic heterocycles. The average Bonchev–Trinajstić information content (AvgIpc) is 2.81. The molecule has 19 heavy (non-hydrogen) atoms. The Bertz CT molecular complexity index is 657. The van der Waals surface area contributed by atoms with Gasteiger partial charge in [0.05, 0.1) is 29.0 Å². The number of aromatic nitrogens is 1. The molecule has 0 aliphatic rings. The van der Waals surface area contributed by atoms with Crippen molar-refractivity contribution in [3.63, 3.8) is 0 Å². The minimum atomic E-state index is -3.32. The van der Waals surface area contributed by atoms with Gasteiger partial charge >= 0.3 is 0 Å². The molecule has 1 heterocycles. The molecular weight excluding hydrogens is 306 g/mol. The van der Waals surface area contributed by atoms with Gasteiger partial charge in [-0.1, -0.05) is 11.6 Å². The van der Waals surface area contributed by atoms with Crippen LogP contribution in [0, 0.1) is 0 Å². The quantitative estimate of drug-likeness (QED) is 0.889. The molecule has 0 radical (unpaired) electrons. The lowest BCUT2D eigenvalue weighted by atomic mass is 10.3. The Morgan fingerprint density at radius 3 is 2.79 bits per heavy atom. The molecule has 0 amide bonds. The van der Waals surface area contributed by atoms with E-state index in [2.05, 4.69) is 15.0 Å². The molecule has 0 unspecified atom stereocenters. The van der Waals surface area contributed by atoms with E-state index in [0.29, 0.717) is 17.3 Å². The maximum Gasteiger partial charge on any atom is 0.229 e. The molecule has 0 aliphatic carbocycles. The van der Waals surface area contributed by atoms with Crippen molar-refractivity contribution in [3.8, 4) is 0 Å². The van der Waals surface area contributed by atoms with Crippen molar-refractivity contribution in [2.24, 2.45) is 0 Å². The summed E-state index contributed by atoms with van der Waals surface area (Å²) in [6, 6.07) is 5.06. The van der Waals surface area contributed by atoms with Crippen LogP contribution < -0.4 is 10.0 Å². The average molecular weight is 318 g/mol. The van der Waals surface area contributed by atoms with Crippen LogP contribution in [0.2, 0.25) is 5.02 Å². The number of nitrogens with zero attached hydrogens (tertiary/aromatic N) is 1. The lowest BCUT2D eigenvalue weighted by Crippen LogP contribution is -2.10. The van der Waals surface area contributed by atoms with E-state index in [-0.39, 0.29) is 0 Å². The molecule has 5 nitrogen and oxygen atoms in total. The van der Waals surface area contributed by atoms with E-state index in [1.54, 1.807) is 41.2 Å². The number of halogens is 1. The summed E-state index contributed by atoms with van der Waals surface area (Å²) >= 11 is 7.58. The van der Waals surface area contributed by atoms with Gasteiger partial charge in [-0.05, 0) is 18.2 Å². The number of rotatable bonds is 5. The lowest BCUT2D eigenvalue weighted by Gasteiger charge is -2.09. The summed E-state index contributed by atoms with van der Waals surface area (Å²) in [5.74, 6) is 0. The van der Waals surface area contributed by atoms with Crippen molar-refractivity contribution in [3.05, 3.63) is 39.8 Å². The van der Waals surface area contributed by atoms with Gasteiger partial charge in [0, 0.05) is 16.8 Å². The summed E-state index contributed by atoms with van der Waals surface area (Å²) < 4.78 is 24.6. The fraction of sp³-hybridized carbons (Fsp3) is 0.182. The molecule has 102 valence electrons. The topological polar surface area (TPSA) is 71.1 Å². The Morgan fingerprint density at radius 1 is 1.42 bits per heavy atom. The molecule has 8 heteroatoms. The zero-order chi connectivity index (χ0) is 13.9. The summed E-state index contributed by atoms with van der Waals surface area (Å²) in [7, 11) is -3.32. The summed E-state index contributed by atoms with van der Waals surface area (Å²) in [4.78, 5) is 5.09. The van der Waals surface area contributed by atoms with Crippen molar-refractivity contribution in [2.75, 3.05) is 16.3 Å². The summed E-state index contributed by atoms with van der Waals surface area (Å²) in [6.07, 6.45) is 2.87. The minimum Gasteiger partial charge on any atom is -0.380 e. The van der Waals surface area contributed by atoms with Gasteiger partial charge in [-0.3, -0.25) is 9.71 Å². The molecule has 0 fully saturated rings. The minimum absolute atomic E-state index is 0.347. The van der Waals surface area contributed by atoms with Gasteiger partial charge in [-0.25, -0.2) is 8.42 Å². The zero-order valence-electron chi connectivity index (χ0n) is 10.1. The first-order valence-corrected chi connectivity index (χ1v) is 8.47. The Balaban J connectivity index is 2.06. The van der Waals surface area contributed by atoms with E-state index < -0.39 is 10.0 Å². The van der Waals surface area contributed by atoms with Crippen LogP contribution >= 0.6 is 22.9 Å². The first-order valence-electron chi connectivity index (χ1n) is 5.32. The molecular formula is C11H12ClN3O2S2. The lowest BCUT2D eigenvalue weighted by molar-refractivity contribution is 0.607. The molecule has 1 aromatic carbocycles. The number of hydrogen-bond donors (Lipinski definition) is 2. The molecule has 0 aliphatic heterocycles. The Hall–Kier alpha value is -1.31. The van der Waals surface area contributed by atoms with Crippen LogP contribution in [0.1, 0.15) is 4.88 Å². The third-order valence-electron chi connectivity index (χ3n) is 2.21. The van der Waals surface area contributed by atoms with Gasteiger partial charge in [0.1, 0.15) is 0 Å². The number of nitrogens with one attached hydrogen (secondary N) is 2. The molecule has 2 rings (SSSR count). The van der Waals surface area contributed by atoms with Crippen LogP contribution in [0.15, 0.2) is 29.9 Å². The molecule has 0 bridgehead atoms. The molecule has 0 saturated carbocycles. The van der Waals surface area contributed by atoms with Gasteiger partial charge in [0.15, 0.2) is 0 Å². The van der Waals surface area contributed by atoms with Crippen molar-refractivity contribution in [1.29, 1.82) is 0 Å². The smallest absolute Gasteiger partial charge is 0.229 e. The van der Waals surface area contributed by atoms with Crippen LogP contribution in [0.4, 0.5) is 11.4 Å². The summed E-state index contributed by atoms with van der Waals surface area (Å²) in [5.41, 5.74) is 2.95.